The van der Waals surface area contributed by atoms with Crippen molar-refractivity contribution >= 4 is 17.1 Å². The minimum absolute atomic E-state index is 0.116. The van der Waals surface area contributed by atoms with Gasteiger partial charge in [0.15, 0.2) is 5.78 Å². The zero-order valence-corrected chi connectivity index (χ0v) is 11.2. The first kappa shape index (κ1) is 12.1. The van der Waals surface area contributed by atoms with Crippen molar-refractivity contribution in [3.63, 3.8) is 0 Å². The lowest BCUT2D eigenvalue weighted by Gasteiger charge is -2.00. The van der Waals surface area contributed by atoms with Crippen LogP contribution in [-0.4, -0.2) is 5.78 Å². The van der Waals surface area contributed by atoms with Crippen LogP contribution in [0.2, 0.25) is 0 Å². The zero-order valence-electron chi connectivity index (χ0n) is 10.4. The van der Waals surface area contributed by atoms with Crippen molar-refractivity contribution in [3.8, 4) is 10.4 Å². The van der Waals surface area contributed by atoms with Crippen molar-refractivity contribution in [3.05, 3.63) is 46.8 Å². The third-order valence-electron chi connectivity index (χ3n) is 2.77. The van der Waals surface area contributed by atoms with Crippen molar-refractivity contribution in [1.82, 2.24) is 0 Å². The molecule has 0 saturated carbocycles. The van der Waals surface area contributed by atoms with Crippen LogP contribution in [0.4, 0.5) is 0 Å². The summed E-state index contributed by atoms with van der Waals surface area (Å²) >= 11 is 1.82. The van der Waals surface area contributed by atoms with Gasteiger partial charge in [-0.3, -0.25) is 4.79 Å². The maximum Gasteiger partial charge on any atom is 0.159 e. The monoisotopic (exact) mass is 244 g/mol. The molecule has 2 rings (SSSR count). The average molecular weight is 244 g/mol. The fourth-order valence-corrected chi connectivity index (χ4v) is 2.70. The maximum absolute atomic E-state index is 11.2. The molecule has 88 valence electrons. The topological polar surface area (TPSA) is 17.1 Å². The van der Waals surface area contributed by atoms with E-state index in [9.17, 15) is 4.79 Å². The van der Waals surface area contributed by atoms with Gasteiger partial charge in [-0.2, -0.15) is 0 Å². The van der Waals surface area contributed by atoms with Gasteiger partial charge in [0.2, 0.25) is 0 Å². The van der Waals surface area contributed by atoms with Crippen molar-refractivity contribution in [2.45, 2.75) is 26.7 Å². The normalized spacial score (nSPS) is 10.8. The molecule has 0 aliphatic rings. The van der Waals surface area contributed by atoms with Gasteiger partial charge in [0, 0.05) is 15.3 Å². The molecule has 1 heterocycles. The summed E-state index contributed by atoms with van der Waals surface area (Å²) in [7, 11) is 0. The fourth-order valence-electron chi connectivity index (χ4n) is 1.69. The van der Waals surface area contributed by atoms with E-state index >= 15 is 0 Å². The van der Waals surface area contributed by atoms with Crippen molar-refractivity contribution in [1.29, 1.82) is 0 Å². The van der Waals surface area contributed by atoms with Crippen LogP contribution in [0.1, 0.15) is 41.9 Å². The molecule has 0 radical (unpaired) electrons. The van der Waals surface area contributed by atoms with Gasteiger partial charge < -0.3 is 0 Å². The van der Waals surface area contributed by atoms with Crippen molar-refractivity contribution in [2.24, 2.45) is 0 Å². The molecule has 0 aliphatic heterocycles. The number of carbonyl (C=O) groups is 1. The van der Waals surface area contributed by atoms with E-state index in [1.54, 1.807) is 6.92 Å². The Kier molecular flexibility index (Phi) is 3.43. The summed E-state index contributed by atoms with van der Waals surface area (Å²) in [6.45, 7) is 6.00. The van der Waals surface area contributed by atoms with E-state index in [0.717, 1.165) is 5.56 Å². The van der Waals surface area contributed by atoms with E-state index in [4.69, 9.17) is 0 Å². The van der Waals surface area contributed by atoms with E-state index in [0.29, 0.717) is 5.92 Å². The molecule has 0 amide bonds. The standard InChI is InChI=1S/C15H16OS/c1-10(2)14-8-9-15(17-14)13-6-4-12(5-7-13)11(3)16/h4-10H,1-3H3. The smallest absolute Gasteiger partial charge is 0.159 e. The van der Waals surface area contributed by atoms with Crippen LogP contribution in [0.3, 0.4) is 0 Å². The van der Waals surface area contributed by atoms with E-state index < -0.39 is 0 Å². The van der Waals surface area contributed by atoms with E-state index in [1.165, 1.54) is 15.3 Å². The fraction of sp³-hybridized carbons (Fsp3) is 0.267. The average Bonchev–Trinajstić information content (AvgIpc) is 2.78. The molecule has 1 aromatic carbocycles. The summed E-state index contributed by atoms with van der Waals surface area (Å²) in [5.74, 6) is 0.691. The Morgan fingerprint density at radius 3 is 2.18 bits per heavy atom. The van der Waals surface area contributed by atoms with Crippen LogP contribution in [0.5, 0.6) is 0 Å². The Balaban J connectivity index is 2.30. The molecule has 2 aromatic rings. The highest BCUT2D eigenvalue weighted by Gasteiger charge is 2.06. The molecule has 0 unspecified atom stereocenters. The highest BCUT2D eigenvalue weighted by Crippen LogP contribution is 2.32. The second-order valence-corrected chi connectivity index (χ2v) is 5.61. The number of hydrogen-bond donors (Lipinski definition) is 0. The summed E-state index contributed by atoms with van der Waals surface area (Å²) in [5.41, 5.74) is 1.96. The molecule has 0 atom stereocenters. The predicted octanol–water partition coefficient (Wildman–Crippen LogP) is 4.74. The molecule has 0 spiro atoms. The summed E-state index contributed by atoms with van der Waals surface area (Å²) in [6.07, 6.45) is 0. The molecular weight excluding hydrogens is 228 g/mol. The van der Waals surface area contributed by atoms with Gasteiger partial charge in [0.25, 0.3) is 0 Å². The van der Waals surface area contributed by atoms with Gasteiger partial charge in [-0.25, -0.2) is 0 Å². The Morgan fingerprint density at radius 2 is 1.71 bits per heavy atom. The van der Waals surface area contributed by atoms with Gasteiger partial charge in [-0.15, -0.1) is 11.3 Å². The molecule has 0 bridgehead atoms. The number of benzene rings is 1. The van der Waals surface area contributed by atoms with Crippen molar-refractivity contribution < 1.29 is 4.79 Å². The summed E-state index contributed by atoms with van der Waals surface area (Å²) < 4.78 is 0. The quantitative estimate of drug-likeness (QED) is 0.713. The first-order valence-corrected chi connectivity index (χ1v) is 6.60. The molecule has 0 fully saturated rings. The van der Waals surface area contributed by atoms with Gasteiger partial charge in [-0.05, 0) is 30.5 Å². The highest BCUT2D eigenvalue weighted by molar-refractivity contribution is 7.15. The summed E-state index contributed by atoms with van der Waals surface area (Å²) in [4.78, 5) is 13.9. The SMILES string of the molecule is CC(=O)c1ccc(-c2ccc(C(C)C)s2)cc1. The van der Waals surface area contributed by atoms with Crippen LogP contribution in [-0.2, 0) is 0 Å². The molecular formula is C15H16OS. The third-order valence-corrected chi connectivity index (χ3v) is 4.21. The number of thiophene rings is 1. The molecule has 17 heavy (non-hydrogen) atoms. The maximum atomic E-state index is 11.2. The number of rotatable bonds is 3. The van der Waals surface area contributed by atoms with Crippen LogP contribution in [0.25, 0.3) is 10.4 Å². The molecule has 0 aliphatic carbocycles. The molecule has 1 aromatic heterocycles. The number of Topliss-reactive ketones (excluding diaryl/α,β-unsaturated/α-hetero) is 1. The Morgan fingerprint density at radius 1 is 1.06 bits per heavy atom. The predicted molar refractivity (Wildman–Crippen MR) is 73.8 cm³/mol. The number of ketones is 1. The lowest BCUT2D eigenvalue weighted by atomic mass is 10.1. The second kappa shape index (κ2) is 4.84. The second-order valence-electron chi connectivity index (χ2n) is 4.49. The Hall–Kier alpha value is -1.41. The Bertz CT molecular complexity index is 520. The first-order chi connectivity index (χ1) is 8.08. The van der Waals surface area contributed by atoms with Crippen LogP contribution in [0.15, 0.2) is 36.4 Å². The molecule has 1 nitrogen and oxygen atoms in total. The van der Waals surface area contributed by atoms with Crippen LogP contribution in [0, 0.1) is 0 Å². The molecule has 0 saturated heterocycles. The molecule has 2 heteroatoms. The van der Waals surface area contributed by atoms with E-state index in [1.807, 2.05) is 35.6 Å². The van der Waals surface area contributed by atoms with Crippen molar-refractivity contribution in [2.75, 3.05) is 0 Å². The summed E-state index contributed by atoms with van der Waals surface area (Å²) in [6, 6.07) is 12.2. The third kappa shape index (κ3) is 2.64. The largest absolute Gasteiger partial charge is 0.295 e. The van der Waals surface area contributed by atoms with Gasteiger partial charge >= 0.3 is 0 Å². The first-order valence-electron chi connectivity index (χ1n) is 5.79. The minimum Gasteiger partial charge on any atom is -0.295 e. The number of carbonyl (C=O) groups excluding carboxylic acids is 1. The van der Waals surface area contributed by atoms with Gasteiger partial charge in [0.05, 0.1) is 0 Å². The van der Waals surface area contributed by atoms with E-state index in [-0.39, 0.29) is 5.78 Å². The summed E-state index contributed by atoms with van der Waals surface area (Å²) in [5, 5.41) is 0. The lowest BCUT2D eigenvalue weighted by Crippen LogP contribution is -1.90. The van der Waals surface area contributed by atoms with Gasteiger partial charge in [0.1, 0.15) is 0 Å². The van der Waals surface area contributed by atoms with Gasteiger partial charge in [-0.1, -0.05) is 38.1 Å². The van der Waals surface area contributed by atoms with Crippen LogP contribution < -0.4 is 0 Å². The minimum atomic E-state index is 0.116. The van der Waals surface area contributed by atoms with E-state index in [2.05, 4.69) is 26.0 Å². The molecule has 0 N–H and O–H groups in total. The zero-order chi connectivity index (χ0) is 12.4. The Labute approximate surface area is 106 Å². The highest BCUT2D eigenvalue weighted by atomic mass is 32.1. The number of hydrogen-bond acceptors (Lipinski definition) is 2. The van der Waals surface area contributed by atoms with Crippen LogP contribution >= 0.6 is 11.3 Å². The lowest BCUT2D eigenvalue weighted by molar-refractivity contribution is 0.101.